The molecule has 0 aromatic carbocycles. The third-order valence-electron chi connectivity index (χ3n) is 5.28. The average molecular weight is 401 g/mol. The molecule has 0 aromatic heterocycles. The predicted molar refractivity (Wildman–Crippen MR) is 117 cm³/mol. The highest BCUT2D eigenvalue weighted by molar-refractivity contribution is 4.68. The maximum absolute atomic E-state index is 5.54. The van der Waals surface area contributed by atoms with Gasteiger partial charge in [0.05, 0.1) is 32.5 Å². The molecule has 0 saturated carbocycles. The van der Waals surface area contributed by atoms with Gasteiger partial charge in [-0.15, -0.1) is 0 Å². The summed E-state index contributed by atoms with van der Waals surface area (Å²) in [6.07, 6.45) is 18.9. The van der Waals surface area contributed by atoms with Crippen LogP contribution in [0.1, 0.15) is 104 Å². The molecule has 2 rings (SSSR count). The van der Waals surface area contributed by atoms with Gasteiger partial charge in [0.2, 0.25) is 0 Å². The van der Waals surface area contributed by atoms with Crippen molar-refractivity contribution >= 4 is 0 Å². The van der Waals surface area contributed by atoms with Gasteiger partial charge >= 0.3 is 0 Å². The largest absolute Gasteiger partial charge is 0.379 e. The molecular formula is C24H48O4. The number of unbranched alkanes of at least 4 members (excludes halogenated alkanes) is 10. The first-order valence-corrected chi connectivity index (χ1v) is 12.2. The van der Waals surface area contributed by atoms with Crippen LogP contribution >= 0.6 is 0 Å². The summed E-state index contributed by atoms with van der Waals surface area (Å²) >= 11 is 0. The van der Waals surface area contributed by atoms with Crippen molar-refractivity contribution in [1.82, 2.24) is 0 Å². The zero-order valence-electron chi connectivity index (χ0n) is 19.1. The molecule has 2 aliphatic heterocycles. The molecule has 4 nitrogen and oxygen atoms in total. The van der Waals surface area contributed by atoms with Gasteiger partial charge in [-0.2, -0.15) is 0 Å². The van der Waals surface area contributed by atoms with Crippen molar-refractivity contribution in [2.75, 3.05) is 33.0 Å². The third kappa shape index (κ3) is 19.2. The van der Waals surface area contributed by atoms with Crippen molar-refractivity contribution in [3.8, 4) is 0 Å². The summed E-state index contributed by atoms with van der Waals surface area (Å²) < 4.78 is 21.2. The zero-order chi connectivity index (χ0) is 20.3. The Balaban J connectivity index is 0.000000307. The summed E-state index contributed by atoms with van der Waals surface area (Å²) in [5.41, 5.74) is 0. The number of ether oxygens (including phenoxy) is 4. The van der Waals surface area contributed by atoms with Crippen LogP contribution in [0.3, 0.4) is 0 Å². The Morgan fingerprint density at radius 2 is 1.21 bits per heavy atom. The van der Waals surface area contributed by atoms with Crippen LogP contribution in [0, 0.1) is 0 Å². The Morgan fingerprint density at radius 3 is 1.75 bits per heavy atom. The van der Waals surface area contributed by atoms with E-state index in [9.17, 15) is 0 Å². The Labute approximate surface area is 175 Å². The lowest BCUT2D eigenvalue weighted by Crippen LogP contribution is -2.12. The Kier molecular flexibility index (Phi) is 17.4. The Bertz CT molecular complexity index is 316. The van der Waals surface area contributed by atoms with E-state index < -0.39 is 0 Å². The fraction of sp³-hybridized carbons (Fsp3) is 1.00. The highest BCUT2D eigenvalue weighted by Crippen LogP contribution is 2.13. The number of hydrogen-bond donors (Lipinski definition) is 0. The van der Waals surface area contributed by atoms with Crippen LogP contribution in [0.5, 0.6) is 0 Å². The minimum Gasteiger partial charge on any atom is -0.379 e. The molecule has 0 aliphatic carbocycles. The van der Waals surface area contributed by atoms with Gasteiger partial charge in [-0.25, -0.2) is 0 Å². The van der Waals surface area contributed by atoms with Gasteiger partial charge in [0.25, 0.3) is 0 Å². The van der Waals surface area contributed by atoms with Gasteiger partial charge in [0.15, 0.2) is 0 Å². The molecule has 2 fully saturated rings. The maximum atomic E-state index is 5.54. The number of hydrogen-bond acceptors (Lipinski definition) is 4. The Hall–Kier alpha value is -0.160. The summed E-state index contributed by atoms with van der Waals surface area (Å²) in [6.45, 7) is 11.0. The van der Waals surface area contributed by atoms with Crippen molar-refractivity contribution in [3.63, 3.8) is 0 Å². The van der Waals surface area contributed by atoms with E-state index in [-0.39, 0.29) is 0 Å². The molecule has 0 radical (unpaired) electrons. The minimum absolute atomic E-state index is 0.416. The van der Waals surface area contributed by atoms with Gasteiger partial charge < -0.3 is 18.9 Å². The van der Waals surface area contributed by atoms with E-state index >= 15 is 0 Å². The molecule has 2 heterocycles. The predicted octanol–water partition coefficient (Wildman–Crippen LogP) is 6.30. The molecule has 3 unspecified atom stereocenters. The minimum atomic E-state index is 0.416. The molecule has 0 amide bonds. The fourth-order valence-corrected chi connectivity index (χ4v) is 3.08. The van der Waals surface area contributed by atoms with E-state index in [0.29, 0.717) is 18.3 Å². The summed E-state index contributed by atoms with van der Waals surface area (Å²) in [5.74, 6) is 0. The van der Waals surface area contributed by atoms with Crippen molar-refractivity contribution < 1.29 is 18.9 Å². The van der Waals surface area contributed by atoms with Crippen molar-refractivity contribution in [1.29, 1.82) is 0 Å². The maximum Gasteiger partial charge on any atom is 0.104 e. The lowest BCUT2D eigenvalue weighted by Gasteiger charge is -2.10. The normalized spacial score (nSPS) is 21.1. The Morgan fingerprint density at radius 1 is 0.714 bits per heavy atom. The first-order chi connectivity index (χ1) is 13.8. The lowest BCUT2D eigenvalue weighted by molar-refractivity contribution is 0.0479. The van der Waals surface area contributed by atoms with Crippen LogP contribution < -0.4 is 0 Å². The molecule has 28 heavy (non-hydrogen) atoms. The number of epoxide rings is 2. The van der Waals surface area contributed by atoms with Gasteiger partial charge in [-0.1, -0.05) is 84.5 Å². The van der Waals surface area contributed by atoms with Crippen LogP contribution in [0.15, 0.2) is 0 Å². The van der Waals surface area contributed by atoms with Gasteiger partial charge in [-0.3, -0.25) is 0 Å². The summed E-state index contributed by atoms with van der Waals surface area (Å²) in [4.78, 5) is 0. The van der Waals surface area contributed by atoms with Crippen molar-refractivity contribution in [2.45, 2.75) is 123 Å². The molecule has 0 aromatic rings. The second-order valence-electron chi connectivity index (χ2n) is 8.45. The van der Waals surface area contributed by atoms with Gasteiger partial charge in [0, 0.05) is 6.61 Å². The van der Waals surface area contributed by atoms with Crippen LogP contribution in [0.2, 0.25) is 0 Å². The van der Waals surface area contributed by atoms with Crippen LogP contribution in [0.4, 0.5) is 0 Å². The molecule has 3 atom stereocenters. The monoisotopic (exact) mass is 400 g/mol. The van der Waals surface area contributed by atoms with Crippen LogP contribution in [-0.4, -0.2) is 51.3 Å². The highest BCUT2D eigenvalue weighted by Gasteiger charge is 2.23. The summed E-state index contributed by atoms with van der Waals surface area (Å²) in [5, 5.41) is 0. The molecule has 2 saturated heterocycles. The molecule has 0 spiro atoms. The van der Waals surface area contributed by atoms with E-state index in [4.69, 9.17) is 18.9 Å². The quantitative estimate of drug-likeness (QED) is 0.188. The van der Waals surface area contributed by atoms with E-state index in [0.717, 1.165) is 33.0 Å². The lowest BCUT2D eigenvalue weighted by atomic mass is 10.1. The van der Waals surface area contributed by atoms with Crippen molar-refractivity contribution in [2.24, 2.45) is 0 Å². The van der Waals surface area contributed by atoms with E-state index in [1.165, 1.54) is 83.5 Å². The van der Waals surface area contributed by atoms with E-state index in [1.807, 2.05) is 0 Å². The molecule has 0 bridgehead atoms. The standard InChI is InChI=1S/C15H30O2.C9H18O2/c1-2-3-4-5-6-7-8-9-10-11-12-16-13-15-14-17-15;1-3-4-5-8(2)10-6-9-7-11-9/h15H,2-14H2,1H3;8-9H,3-7H2,1-2H3. The average Bonchev–Trinajstić information content (AvgIpc) is 3.61. The van der Waals surface area contributed by atoms with Crippen LogP contribution in [0.25, 0.3) is 0 Å². The highest BCUT2D eigenvalue weighted by atomic mass is 16.6. The summed E-state index contributed by atoms with van der Waals surface area (Å²) in [6, 6.07) is 0. The molecule has 0 N–H and O–H groups in total. The molecule has 2 aliphatic rings. The molecule has 4 heteroatoms. The second-order valence-corrected chi connectivity index (χ2v) is 8.45. The smallest absolute Gasteiger partial charge is 0.104 e. The van der Waals surface area contributed by atoms with Crippen LogP contribution in [-0.2, 0) is 18.9 Å². The summed E-state index contributed by atoms with van der Waals surface area (Å²) in [7, 11) is 0. The topological polar surface area (TPSA) is 43.5 Å². The van der Waals surface area contributed by atoms with Gasteiger partial charge in [0.1, 0.15) is 12.2 Å². The SMILES string of the molecule is CCCCC(C)OCC1CO1.CCCCCCCCCCCCOCC1CO1. The molecular weight excluding hydrogens is 352 g/mol. The third-order valence-corrected chi connectivity index (χ3v) is 5.28. The zero-order valence-corrected chi connectivity index (χ0v) is 19.1. The first kappa shape index (κ1) is 25.9. The van der Waals surface area contributed by atoms with Crippen molar-refractivity contribution in [3.05, 3.63) is 0 Å². The van der Waals surface area contributed by atoms with E-state index in [1.54, 1.807) is 0 Å². The van der Waals surface area contributed by atoms with E-state index in [2.05, 4.69) is 20.8 Å². The van der Waals surface area contributed by atoms with Gasteiger partial charge in [-0.05, 0) is 19.8 Å². The molecule has 168 valence electrons. The second kappa shape index (κ2) is 18.8. The first-order valence-electron chi connectivity index (χ1n) is 12.2. The fourth-order valence-electron chi connectivity index (χ4n) is 3.08. The number of rotatable bonds is 19.